The molecule has 20 rings (SSSR count). The van der Waals surface area contributed by atoms with Crippen LogP contribution in [0.5, 0.6) is 0 Å². The van der Waals surface area contributed by atoms with E-state index in [1.165, 1.54) is 11.5 Å². The first-order valence-electron chi connectivity index (χ1n) is 38.6. The Labute approximate surface area is 758 Å². The van der Waals surface area contributed by atoms with Crippen LogP contribution in [0.25, 0.3) is 73.1 Å². The SMILES string of the molecule is CC(=O)N1CC=C(c2c(C)nsc2NC(=O)c2c(N)nn3cc(F)cnc23)CC1.Cc1nsc(NC(=O)c2c(N)nn3cc(F)cnc23)c1-c1ccccc1.Cc1nsc(NC(=O)c2c(N)nn3cc(F)cnc23)c1-c1ccnn1C.Cc1nsc(NC(=O)c2c(N)nn3cc(F)cnc23)c1-c1cncn1C.Cc1nsc(NC(=O)c2c(N)nn3cc(F)cnc23)c1-n1cccn1. The van der Waals surface area contributed by atoms with E-state index < -0.39 is 58.6 Å². The van der Waals surface area contributed by atoms with Crippen LogP contribution in [0.15, 0.2) is 142 Å². The van der Waals surface area contributed by atoms with Crippen LogP contribution in [-0.2, 0) is 18.9 Å². The molecule has 670 valence electrons. The number of anilines is 10. The van der Waals surface area contributed by atoms with Gasteiger partial charge in [-0.3, -0.25) is 33.4 Å². The van der Waals surface area contributed by atoms with Crippen LogP contribution in [-0.4, -0.2) is 177 Å². The number of nitrogens with zero attached hydrogens (tertiary/aromatic N) is 27. The van der Waals surface area contributed by atoms with Gasteiger partial charge >= 0.3 is 0 Å². The standard InChI is InChI=1S/C18H18FN7O2S.C17H13FN6OS.2C15H13FN8OS.C14H11FN8OS/c1-9-13(11-3-5-25(6-4-11)10(2)27)18(29-24-9)22-17(28)14-15(20)23-26-8-12(19)7-21-16(14)26;1-9-12(10-5-3-2-4-6-10)17(26-23-9)21-16(25)13-14(19)22-24-8-11(18)7-20-15(13)24;1-7-10(9-4-18-6-23(9)2)15(26-22-7)20-14(25)11-12(17)21-24-5-8(16)3-19-13(11)24;1-7-10(9-3-4-19-23(9)2)15(26-22-7)20-14(25)11-12(17)21-24-6-8(16)5-18-13(11)24;1-7-10(22-4-2-3-18-22)14(25-21-7)19-13(24)9-11(16)20-23-6-8(15)5-17-12(9)23/h3,7-8H,4-6H2,1-2H3,(H2,20,23)(H,22,28);2-8H,1H3,(H2,19,22)(H,21,25);2*3-6H,1-2H3,(H2,17,21)(H,20,25);2-6H,1H3,(H2,16,20)(H,19,24). The summed E-state index contributed by atoms with van der Waals surface area (Å²) >= 11 is 5.77. The molecule has 0 aliphatic carbocycles. The molecule has 1 aromatic carbocycles. The predicted molar refractivity (Wildman–Crippen MR) is 483 cm³/mol. The fraction of sp³-hybridized carbons (Fsp3) is 0.139. The second kappa shape index (κ2) is 36.9. The number of benzene rings is 1. The molecule has 0 saturated carbocycles. The zero-order chi connectivity index (χ0) is 93.4. The first kappa shape index (κ1) is 88.7. The molecule has 6 amide bonds. The van der Waals surface area contributed by atoms with Crippen molar-refractivity contribution in [2.24, 2.45) is 14.1 Å². The topological polar surface area (TPSA) is 565 Å². The van der Waals surface area contributed by atoms with E-state index in [0.717, 1.165) is 204 Å². The van der Waals surface area contributed by atoms with Gasteiger partial charge in [-0.2, -0.15) is 32.1 Å². The Kier molecular flexibility index (Phi) is 24.8. The minimum Gasteiger partial charge on any atom is -0.381 e. The maximum Gasteiger partial charge on any atom is 0.264 e. The van der Waals surface area contributed by atoms with Crippen molar-refractivity contribution in [3.05, 3.63) is 233 Å². The van der Waals surface area contributed by atoms with Crippen molar-refractivity contribution in [1.29, 1.82) is 0 Å². The highest BCUT2D eigenvalue weighted by Gasteiger charge is 2.31. The number of amides is 6. The molecule has 0 atom stereocenters. The number of hydrogen-bond acceptors (Lipinski definition) is 34. The van der Waals surface area contributed by atoms with E-state index in [4.69, 9.17) is 28.7 Å². The van der Waals surface area contributed by atoms with E-state index in [2.05, 4.69) is 114 Å². The van der Waals surface area contributed by atoms with Crippen molar-refractivity contribution in [3.63, 3.8) is 0 Å². The van der Waals surface area contributed by atoms with Gasteiger partial charge < -0.3 is 64.7 Å². The molecule has 19 heterocycles. The Bertz CT molecular complexity index is 7560. The predicted octanol–water partition coefficient (Wildman–Crippen LogP) is 10.6. The number of nitrogens with two attached hydrogens (primary N) is 5. The van der Waals surface area contributed by atoms with E-state index in [0.29, 0.717) is 50.2 Å². The summed E-state index contributed by atoms with van der Waals surface area (Å²) in [5, 5.41) is 44.8. The van der Waals surface area contributed by atoms with Crippen molar-refractivity contribution >= 4 is 181 Å². The lowest BCUT2D eigenvalue weighted by molar-refractivity contribution is -0.128. The highest BCUT2D eigenvalue weighted by atomic mass is 32.1. The fourth-order valence-electron chi connectivity index (χ4n) is 13.8. The lowest BCUT2D eigenvalue weighted by Gasteiger charge is -2.25. The van der Waals surface area contributed by atoms with Gasteiger partial charge in [0.1, 0.15) is 58.5 Å². The van der Waals surface area contributed by atoms with Gasteiger partial charge in [0.15, 0.2) is 86.4 Å². The van der Waals surface area contributed by atoms with Crippen molar-refractivity contribution in [2.75, 3.05) is 68.3 Å². The Morgan fingerprint density at radius 2 is 0.765 bits per heavy atom. The van der Waals surface area contributed by atoms with E-state index in [1.807, 2.05) is 88.7 Å². The second-order valence-corrected chi connectivity index (χ2v) is 32.5. The van der Waals surface area contributed by atoms with Gasteiger partial charge in [-0.05, 0) is 122 Å². The number of carbonyl (C=O) groups is 6. The van der Waals surface area contributed by atoms with Gasteiger partial charge in [0.25, 0.3) is 29.5 Å². The van der Waals surface area contributed by atoms with E-state index >= 15 is 0 Å². The van der Waals surface area contributed by atoms with Crippen LogP contribution in [0.4, 0.5) is 76.0 Å². The molecule has 43 nitrogen and oxygen atoms in total. The smallest absolute Gasteiger partial charge is 0.264 e. The van der Waals surface area contributed by atoms with Crippen molar-refractivity contribution in [3.8, 4) is 39.3 Å². The molecule has 1 aliphatic rings. The zero-order valence-corrected chi connectivity index (χ0v) is 73.8. The third kappa shape index (κ3) is 17.9. The Hall–Kier alpha value is -16.7. The van der Waals surface area contributed by atoms with Crippen LogP contribution in [0.2, 0.25) is 0 Å². The maximum absolute atomic E-state index is 13.4. The quantitative estimate of drug-likeness (QED) is 0.0426. The zero-order valence-electron chi connectivity index (χ0n) is 69.7. The summed E-state index contributed by atoms with van der Waals surface area (Å²) in [5.41, 5.74) is 41.8. The highest BCUT2D eigenvalue weighted by Crippen LogP contribution is 2.41. The minimum absolute atomic E-state index is 0.0249. The number of nitrogens with one attached hydrogen (secondary N) is 5. The Morgan fingerprint density at radius 3 is 1.11 bits per heavy atom. The van der Waals surface area contributed by atoms with Gasteiger partial charge in [0.05, 0.1) is 125 Å². The van der Waals surface area contributed by atoms with Crippen LogP contribution >= 0.6 is 57.7 Å². The summed E-state index contributed by atoms with van der Waals surface area (Å²) < 4.78 is 98.9. The third-order valence-corrected chi connectivity index (χ3v) is 24.1. The summed E-state index contributed by atoms with van der Waals surface area (Å²) in [6, 6.07) is 13.2. The van der Waals surface area contributed by atoms with Crippen LogP contribution < -0.4 is 55.3 Å². The molecule has 53 heteroatoms. The molecule has 0 fully saturated rings. The first-order chi connectivity index (χ1) is 63.3. The number of carbonyl (C=O) groups excluding carboxylic acids is 6. The molecule has 0 spiro atoms. The summed E-state index contributed by atoms with van der Waals surface area (Å²) in [5.74, 6) is -5.54. The van der Waals surface area contributed by atoms with Crippen molar-refractivity contribution < 1.29 is 50.7 Å². The number of aromatic nitrogens is 26. The molecule has 18 aromatic heterocycles. The maximum atomic E-state index is 13.4. The molecule has 1 aliphatic heterocycles. The largest absolute Gasteiger partial charge is 0.381 e. The second-order valence-electron chi connectivity index (χ2n) is 28.6. The minimum atomic E-state index is -0.587. The molecule has 0 radical (unpaired) electrons. The molecule has 15 N–H and O–H groups in total. The molecule has 0 unspecified atom stereocenters. The molecule has 132 heavy (non-hydrogen) atoms. The molecule has 0 bridgehead atoms. The first-order valence-corrected chi connectivity index (χ1v) is 42.5. The lowest BCUT2D eigenvalue weighted by atomic mass is 9.99. The number of halogens is 5. The Balaban J connectivity index is 0.000000120. The number of fused-ring (bicyclic) bond motifs is 5. The summed E-state index contributed by atoms with van der Waals surface area (Å²) in [7, 11) is 3.66. The van der Waals surface area contributed by atoms with Gasteiger partial charge in [0, 0.05) is 63.8 Å². The highest BCUT2D eigenvalue weighted by molar-refractivity contribution is 7.12. The van der Waals surface area contributed by atoms with E-state index in [1.54, 1.807) is 65.4 Å². The number of imidazole rings is 1. The van der Waals surface area contributed by atoms with E-state index in [9.17, 15) is 50.7 Å². The van der Waals surface area contributed by atoms with Crippen LogP contribution in [0.3, 0.4) is 0 Å². The number of hydrogen-bond donors (Lipinski definition) is 10. The monoisotopic (exact) mass is 1890 g/mol. The number of rotatable bonds is 15. The molecule has 0 saturated heterocycles. The fourth-order valence-corrected chi connectivity index (χ4v) is 17.9. The average molecular weight is 1890 g/mol. The molecular formula is C79H68F5N37O6S5. The summed E-state index contributed by atoms with van der Waals surface area (Å²) in [6.07, 6.45) is 21.6. The van der Waals surface area contributed by atoms with Crippen LogP contribution in [0.1, 0.15) is 99.2 Å². The van der Waals surface area contributed by atoms with Gasteiger partial charge in [-0.1, -0.05) is 36.4 Å². The normalized spacial score (nSPS) is 11.8. The van der Waals surface area contributed by atoms with Crippen molar-refractivity contribution in [2.45, 2.75) is 48.0 Å². The number of aryl methyl sites for hydroxylation is 7. The molecular weight excluding hydrogens is 1820 g/mol. The Morgan fingerprint density at radius 1 is 0.409 bits per heavy atom. The molecule has 19 aromatic rings. The van der Waals surface area contributed by atoms with Crippen molar-refractivity contribution in [1.82, 2.24) is 129 Å². The number of nitrogen functional groups attached to an aromatic ring is 5. The van der Waals surface area contributed by atoms with Gasteiger partial charge in [0.2, 0.25) is 5.91 Å². The summed E-state index contributed by atoms with van der Waals surface area (Å²) in [6.45, 7) is 11.9. The summed E-state index contributed by atoms with van der Waals surface area (Å²) in [4.78, 5) is 101. The van der Waals surface area contributed by atoms with E-state index in [-0.39, 0.29) is 91.0 Å². The third-order valence-electron chi connectivity index (χ3n) is 19.8. The lowest BCUT2D eigenvalue weighted by Crippen LogP contribution is -2.32. The van der Waals surface area contributed by atoms with Gasteiger partial charge in [-0.15, -0.1) is 25.5 Å². The van der Waals surface area contributed by atoms with Crippen LogP contribution in [0, 0.1) is 63.7 Å². The average Bonchev–Trinajstić information content (AvgIpc) is 1.64. The van der Waals surface area contributed by atoms with Gasteiger partial charge in [-0.25, -0.2) is 79.1 Å².